The van der Waals surface area contributed by atoms with E-state index in [0.717, 1.165) is 17.7 Å². The van der Waals surface area contributed by atoms with Gasteiger partial charge < -0.3 is 15.0 Å². The zero-order valence-electron chi connectivity index (χ0n) is 15.6. The normalized spacial score (nSPS) is 11.0. The van der Waals surface area contributed by atoms with E-state index in [9.17, 15) is 4.79 Å². The minimum Gasteiger partial charge on any atom is -0.476 e. The molecule has 0 bridgehead atoms. The first-order chi connectivity index (χ1) is 13.1. The quantitative estimate of drug-likeness (QED) is 0.660. The third kappa shape index (κ3) is 4.70. The number of pyridine rings is 2. The van der Waals surface area contributed by atoms with Crippen molar-refractivity contribution >= 4 is 17.6 Å². The molecule has 0 saturated carbocycles. The molecule has 0 atom stereocenters. The van der Waals surface area contributed by atoms with Crippen molar-refractivity contribution in [3.63, 3.8) is 0 Å². The van der Waals surface area contributed by atoms with Gasteiger partial charge in [-0.2, -0.15) is 9.50 Å². The van der Waals surface area contributed by atoms with Gasteiger partial charge in [-0.25, -0.2) is 4.79 Å². The van der Waals surface area contributed by atoms with Gasteiger partial charge in [-0.15, -0.1) is 5.10 Å². The topological polar surface area (TPSA) is 96.7 Å². The number of carbonyl (C=O) groups excluding carboxylic acids is 1. The lowest BCUT2D eigenvalue weighted by atomic mass is 10.1. The first-order valence-electron chi connectivity index (χ1n) is 8.70. The lowest BCUT2D eigenvalue weighted by Crippen LogP contribution is -2.28. The van der Waals surface area contributed by atoms with Gasteiger partial charge in [-0.1, -0.05) is 6.07 Å². The largest absolute Gasteiger partial charge is 0.476 e. The molecule has 9 nitrogen and oxygen atoms in total. The number of nitrogens with one attached hydrogen (secondary N) is 2. The molecule has 3 aromatic heterocycles. The summed E-state index contributed by atoms with van der Waals surface area (Å²) in [6.45, 7) is 3.62. The predicted molar refractivity (Wildman–Crippen MR) is 103 cm³/mol. The maximum atomic E-state index is 11.8. The number of likely N-dealkylation sites (N-methyl/N-ethyl adjacent to an activating group) is 1. The Morgan fingerprint density at radius 3 is 2.85 bits per heavy atom. The van der Waals surface area contributed by atoms with E-state index in [4.69, 9.17) is 4.74 Å². The van der Waals surface area contributed by atoms with Crippen LogP contribution in [0.1, 0.15) is 6.92 Å². The van der Waals surface area contributed by atoms with Gasteiger partial charge in [0.1, 0.15) is 6.61 Å². The molecule has 0 unspecified atom stereocenters. The van der Waals surface area contributed by atoms with Crippen LogP contribution >= 0.6 is 0 Å². The number of urea groups is 1. The number of rotatable bonds is 7. The Balaban J connectivity index is 1.96. The highest BCUT2D eigenvalue weighted by molar-refractivity contribution is 5.87. The molecule has 3 heterocycles. The molecule has 0 aliphatic carbocycles. The van der Waals surface area contributed by atoms with Crippen LogP contribution in [0.15, 0.2) is 36.7 Å². The van der Waals surface area contributed by atoms with E-state index in [1.54, 1.807) is 16.9 Å². The summed E-state index contributed by atoms with van der Waals surface area (Å²) in [5, 5.41) is 9.62. The van der Waals surface area contributed by atoms with Crippen LogP contribution in [0.3, 0.4) is 0 Å². The minimum absolute atomic E-state index is 0.210. The van der Waals surface area contributed by atoms with Gasteiger partial charge in [-0.05, 0) is 38.7 Å². The van der Waals surface area contributed by atoms with E-state index in [-0.39, 0.29) is 12.0 Å². The van der Waals surface area contributed by atoms with E-state index in [1.807, 2.05) is 50.2 Å². The number of amides is 2. The monoisotopic (exact) mass is 369 g/mol. The first kappa shape index (κ1) is 18.6. The van der Waals surface area contributed by atoms with Gasteiger partial charge in [0.05, 0.1) is 0 Å². The van der Waals surface area contributed by atoms with E-state index < -0.39 is 0 Å². The first-order valence-corrected chi connectivity index (χ1v) is 8.70. The third-order valence-electron chi connectivity index (χ3n) is 3.75. The van der Waals surface area contributed by atoms with Crippen molar-refractivity contribution in [2.45, 2.75) is 6.92 Å². The average molecular weight is 369 g/mol. The zero-order valence-corrected chi connectivity index (χ0v) is 15.6. The summed E-state index contributed by atoms with van der Waals surface area (Å²) in [6, 6.07) is 7.26. The van der Waals surface area contributed by atoms with Crippen molar-refractivity contribution in [3.8, 4) is 17.0 Å². The van der Waals surface area contributed by atoms with Gasteiger partial charge in [0, 0.05) is 37.1 Å². The second kappa shape index (κ2) is 8.45. The summed E-state index contributed by atoms with van der Waals surface area (Å²) >= 11 is 0. The molecule has 2 N–H and O–H groups in total. The fourth-order valence-corrected chi connectivity index (χ4v) is 2.45. The Bertz CT molecular complexity index is 909. The standard InChI is InChI=1S/C18H23N7O2/c1-4-20-18(26)22-17-21-15-10-14(13-6-5-7-19-12-13)11-16(25(15)23-17)27-9-8-24(2)3/h5-7,10-12H,4,8-9H2,1-3H3,(H2,20,22,23,26). The molecule has 9 heteroatoms. The molecule has 0 aliphatic rings. The van der Waals surface area contributed by atoms with Crippen LogP contribution in [0.4, 0.5) is 10.7 Å². The average Bonchev–Trinajstić information content (AvgIpc) is 3.04. The highest BCUT2D eigenvalue weighted by atomic mass is 16.5. The van der Waals surface area contributed by atoms with Crippen LogP contribution < -0.4 is 15.4 Å². The Hall–Kier alpha value is -3.20. The van der Waals surface area contributed by atoms with Crippen molar-refractivity contribution < 1.29 is 9.53 Å². The predicted octanol–water partition coefficient (Wildman–Crippen LogP) is 1.87. The Labute approximate surface area is 157 Å². The number of carbonyl (C=O) groups is 1. The zero-order chi connectivity index (χ0) is 19.2. The van der Waals surface area contributed by atoms with Crippen LogP contribution in [0.2, 0.25) is 0 Å². The number of aromatic nitrogens is 4. The number of fused-ring (bicyclic) bond motifs is 1. The van der Waals surface area contributed by atoms with E-state index >= 15 is 0 Å². The minimum atomic E-state index is -0.351. The third-order valence-corrected chi connectivity index (χ3v) is 3.75. The van der Waals surface area contributed by atoms with Crippen molar-refractivity contribution in [1.82, 2.24) is 29.8 Å². The lowest BCUT2D eigenvalue weighted by Gasteiger charge is -2.12. The summed E-state index contributed by atoms with van der Waals surface area (Å²) in [5.41, 5.74) is 2.43. The maximum absolute atomic E-state index is 11.8. The van der Waals surface area contributed by atoms with Crippen molar-refractivity contribution in [2.24, 2.45) is 0 Å². The summed E-state index contributed by atoms with van der Waals surface area (Å²) in [6.07, 6.45) is 3.50. The number of nitrogens with zero attached hydrogens (tertiary/aromatic N) is 5. The van der Waals surface area contributed by atoms with E-state index in [0.29, 0.717) is 24.7 Å². The van der Waals surface area contributed by atoms with Crippen LogP contribution in [0, 0.1) is 0 Å². The van der Waals surface area contributed by atoms with Crippen molar-refractivity contribution in [3.05, 3.63) is 36.7 Å². The van der Waals surface area contributed by atoms with Crippen molar-refractivity contribution in [1.29, 1.82) is 0 Å². The van der Waals surface area contributed by atoms with E-state index in [2.05, 4.69) is 25.7 Å². The van der Waals surface area contributed by atoms with Gasteiger partial charge in [0.25, 0.3) is 5.95 Å². The Morgan fingerprint density at radius 2 is 2.15 bits per heavy atom. The van der Waals surface area contributed by atoms with Crippen molar-refractivity contribution in [2.75, 3.05) is 39.1 Å². The summed E-state index contributed by atoms with van der Waals surface area (Å²) in [4.78, 5) is 22.3. The number of ether oxygens (including phenoxy) is 1. The SMILES string of the molecule is CCNC(=O)Nc1nc2cc(-c3cccnc3)cc(OCCN(C)C)n2n1. The lowest BCUT2D eigenvalue weighted by molar-refractivity contribution is 0.249. The fourth-order valence-electron chi connectivity index (χ4n) is 2.45. The maximum Gasteiger partial charge on any atom is 0.321 e. The summed E-state index contributed by atoms with van der Waals surface area (Å²) in [7, 11) is 3.96. The Kier molecular flexibility index (Phi) is 5.82. The van der Waals surface area contributed by atoms with Crippen LogP contribution in [-0.2, 0) is 0 Å². The van der Waals surface area contributed by atoms with Gasteiger partial charge in [0.15, 0.2) is 5.65 Å². The van der Waals surface area contributed by atoms with Gasteiger partial charge in [-0.3, -0.25) is 10.3 Å². The highest BCUT2D eigenvalue weighted by Gasteiger charge is 2.13. The van der Waals surface area contributed by atoms with E-state index in [1.165, 1.54) is 0 Å². The molecule has 0 radical (unpaired) electrons. The van der Waals surface area contributed by atoms with Crippen LogP contribution in [0.5, 0.6) is 5.88 Å². The summed E-state index contributed by atoms with van der Waals surface area (Å²) < 4.78 is 7.51. The van der Waals surface area contributed by atoms with Crippen LogP contribution in [-0.4, -0.2) is 64.3 Å². The molecule has 3 rings (SSSR count). The summed E-state index contributed by atoms with van der Waals surface area (Å²) in [5.74, 6) is 0.756. The molecule has 142 valence electrons. The molecule has 27 heavy (non-hydrogen) atoms. The number of hydrogen-bond donors (Lipinski definition) is 2. The Morgan fingerprint density at radius 1 is 1.30 bits per heavy atom. The van der Waals surface area contributed by atoms with Gasteiger partial charge >= 0.3 is 6.03 Å². The molecule has 0 aliphatic heterocycles. The molecule has 0 fully saturated rings. The molecule has 2 amide bonds. The molecular formula is C18H23N7O2. The molecule has 0 spiro atoms. The number of hydrogen-bond acceptors (Lipinski definition) is 6. The van der Waals surface area contributed by atoms with Gasteiger partial charge in [0.2, 0.25) is 5.88 Å². The second-order valence-electron chi connectivity index (χ2n) is 6.17. The molecular weight excluding hydrogens is 346 g/mol. The highest BCUT2D eigenvalue weighted by Crippen LogP contribution is 2.26. The second-order valence-corrected chi connectivity index (χ2v) is 6.17. The number of anilines is 1. The van der Waals surface area contributed by atoms with Crippen LogP contribution in [0.25, 0.3) is 16.8 Å². The smallest absolute Gasteiger partial charge is 0.321 e. The molecule has 0 saturated heterocycles. The molecule has 0 aromatic carbocycles. The fraction of sp³-hybridized carbons (Fsp3) is 0.333. The molecule has 3 aromatic rings.